The molecule has 1 saturated heterocycles. The van der Waals surface area contributed by atoms with Crippen LogP contribution in [0.15, 0.2) is 72.9 Å². The number of nitrogens with zero attached hydrogens (tertiary/aromatic N) is 4. The molecule has 0 bridgehead atoms. The average Bonchev–Trinajstić information content (AvgIpc) is 3.18. The summed E-state index contributed by atoms with van der Waals surface area (Å²) in [7, 11) is 5.03. The summed E-state index contributed by atoms with van der Waals surface area (Å²) in [4.78, 5) is 62.8. The number of rotatable bonds is 14. The molecule has 3 amide bonds. The third kappa shape index (κ3) is 10.8. The summed E-state index contributed by atoms with van der Waals surface area (Å²) >= 11 is 0. The van der Waals surface area contributed by atoms with Crippen molar-refractivity contribution in [2.75, 3.05) is 71.2 Å². The summed E-state index contributed by atoms with van der Waals surface area (Å²) in [6.45, 7) is 10.9. The molecule has 14 heteroatoms. The van der Waals surface area contributed by atoms with E-state index in [1.807, 2.05) is 31.0 Å². The largest absolute Gasteiger partial charge is 0.494 e. The molecular formula is C43H52N6O8. The Kier molecular flexibility index (Phi) is 13.7. The van der Waals surface area contributed by atoms with Crippen LogP contribution in [-0.4, -0.2) is 105 Å². The lowest BCUT2D eigenvalue weighted by atomic mass is 9.98. The van der Waals surface area contributed by atoms with Crippen molar-refractivity contribution in [3.05, 3.63) is 106 Å². The number of likely N-dealkylation sites (N-methyl/N-ethyl adjacent to an activating group) is 1. The van der Waals surface area contributed by atoms with Gasteiger partial charge in [-0.1, -0.05) is 18.2 Å². The minimum atomic E-state index is -0.603. The molecule has 0 saturated carbocycles. The number of nitrogens with one attached hydrogen (secondary N) is 1. The van der Waals surface area contributed by atoms with E-state index in [0.717, 1.165) is 18.7 Å². The molecule has 0 unspecified atom stereocenters. The Hall–Kier alpha value is -6.15. The molecule has 4 aromatic rings. The van der Waals surface area contributed by atoms with E-state index in [4.69, 9.17) is 24.7 Å². The predicted molar refractivity (Wildman–Crippen MR) is 218 cm³/mol. The van der Waals surface area contributed by atoms with Crippen LogP contribution in [0.5, 0.6) is 17.2 Å². The number of aryl methyl sites for hydroxylation is 1. The number of anilines is 2. The van der Waals surface area contributed by atoms with E-state index < -0.39 is 23.4 Å². The standard InChI is InChI=1S/C43H52N6O8/c1-28-13-18-34(36(25-28)56-27-30-15-14-29(26-46-30)40(51)49-22-20-47(5)21-23-49)48(6)41(52)32-16-17-33(39(54-7)37(32)44)38(50)31-11-8-9-12-35(31)55-24-10-19-45-42(53)57-43(2,3)4/h8-9,11-18,25-26H,10,19-24,27,44H2,1-7H3,(H,45,53). The summed E-state index contributed by atoms with van der Waals surface area (Å²) in [5.41, 5.74) is 9.04. The second kappa shape index (κ2) is 18.7. The first kappa shape index (κ1) is 42.0. The van der Waals surface area contributed by atoms with Gasteiger partial charge in [-0.3, -0.25) is 19.4 Å². The number of hydrogen-bond donors (Lipinski definition) is 2. The van der Waals surface area contributed by atoms with Gasteiger partial charge in [-0.25, -0.2) is 4.79 Å². The number of alkyl carbamates (subject to hydrolysis) is 1. The monoisotopic (exact) mass is 780 g/mol. The number of carbonyl (C=O) groups is 4. The predicted octanol–water partition coefficient (Wildman–Crippen LogP) is 5.75. The molecule has 1 fully saturated rings. The van der Waals surface area contributed by atoms with Crippen LogP contribution in [0.2, 0.25) is 0 Å². The highest BCUT2D eigenvalue weighted by Crippen LogP contribution is 2.36. The highest BCUT2D eigenvalue weighted by atomic mass is 16.6. The van der Waals surface area contributed by atoms with Crippen molar-refractivity contribution in [3.63, 3.8) is 0 Å². The third-order valence-electron chi connectivity index (χ3n) is 9.27. The van der Waals surface area contributed by atoms with E-state index in [9.17, 15) is 19.2 Å². The smallest absolute Gasteiger partial charge is 0.407 e. The molecule has 0 radical (unpaired) electrons. The van der Waals surface area contributed by atoms with E-state index in [1.54, 1.807) is 76.5 Å². The summed E-state index contributed by atoms with van der Waals surface area (Å²) in [5, 5.41) is 2.68. The maximum atomic E-state index is 14.0. The van der Waals surface area contributed by atoms with Gasteiger partial charge in [-0.15, -0.1) is 0 Å². The molecule has 1 aliphatic heterocycles. The quantitative estimate of drug-likeness (QED) is 0.0910. The van der Waals surface area contributed by atoms with Gasteiger partial charge in [0.1, 0.15) is 23.7 Å². The van der Waals surface area contributed by atoms with Gasteiger partial charge in [0.15, 0.2) is 5.75 Å². The van der Waals surface area contributed by atoms with E-state index in [2.05, 4.69) is 15.2 Å². The van der Waals surface area contributed by atoms with E-state index in [0.29, 0.717) is 54.5 Å². The second-order valence-electron chi connectivity index (χ2n) is 14.8. The molecule has 302 valence electrons. The van der Waals surface area contributed by atoms with Crippen LogP contribution < -0.4 is 30.2 Å². The number of ketones is 1. The number of methoxy groups -OCH3 is 1. The average molecular weight is 781 g/mol. The van der Waals surface area contributed by atoms with Gasteiger partial charge < -0.3 is 44.7 Å². The van der Waals surface area contributed by atoms with Crippen LogP contribution in [-0.2, 0) is 11.3 Å². The Bertz CT molecular complexity index is 2070. The zero-order valence-corrected chi connectivity index (χ0v) is 33.7. The number of hydrogen-bond acceptors (Lipinski definition) is 11. The molecule has 0 atom stereocenters. The molecule has 0 spiro atoms. The van der Waals surface area contributed by atoms with Gasteiger partial charge in [0.05, 0.1) is 53.0 Å². The van der Waals surface area contributed by atoms with E-state index >= 15 is 0 Å². The third-order valence-corrected chi connectivity index (χ3v) is 9.27. The van der Waals surface area contributed by atoms with Crippen molar-refractivity contribution < 1.29 is 38.1 Å². The molecule has 3 aromatic carbocycles. The zero-order chi connectivity index (χ0) is 41.3. The van der Waals surface area contributed by atoms with E-state index in [1.165, 1.54) is 24.1 Å². The number of carbonyl (C=O) groups excluding carboxylic acids is 4. The topological polar surface area (TPSA) is 166 Å². The minimum absolute atomic E-state index is 0.00296. The van der Waals surface area contributed by atoms with Crippen LogP contribution in [0.4, 0.5) is 16.2 Å². The molecule has 5 rings (SSSR count). The summed E-state index contributed by atoms with van der Waals surface area (Å²) in [6, 6.07) is 18.8. The number of nitrogens with two attached hydrogens (primary N) is 1. The highest BCUT2D eigenvalue weighted by molar-refractivity contribution is 6.16. The van der Waals surface area contributed by atoms with Crippen molar-refractivity contribution in [2.24, 2.45) is 0 Å². The maximum Gasteiger partial charge on any atom is 0.407 e. The summed E-state index contributed by atoms with van der Waals surface area (Å²) in [6.07, 6.45) is 1.52. The Morgan fingerprint density at radius 3 is 2.30 bits per heavy atom. The van der Waals surface area contributed by atoms with Crippen molar-refractivity contribution in [1.82, 2.24) is 20.1 Å². The SMILES string of the molecule is COc1c(C(=O)c2ccccc2OCCCNC(=O)OC(C)(C)C)ccc(C(=O)N(C)c2ccc(C)cc2OCc2ccc(C(=O)N3CCN(C)CC3)cn2)c1N. The Morgan fingerprint density at radius 2 is 1.61 bits per heavy atom. The van der Waals surface area contributed by atoms with Gasteiger partial charge in [0.25, 0.3) is 11.8 Å². The first-order chi connectivity index (χ1) is 27.2. The molecule has 0 aliphatic carbocycles. The fourth-order valence-electron chi connectivity index (χ4n) is 6.15. The minimum Gasteiger partial charge on any atom is -0.494 e. The van der Waals surface area contributed by atoms with Crippen LogP contribution in [0, 0.1) is 6.92 Å². The Labute approximate surface area is 333 Å². The number of piperazine rings is 1. The highest BCUT2D eigenvalue weighted by Gasteiger charge is 2.27. The number of nitrogen functional groups attached to an aromatic ring is 1. The normalized spacial score (nSPS) is 13.1. The lowest BCUT2D eigenvalue weighted by molar-refractivity contribution is 0.0524. The first-order valence-electron chi connectivity index (χ1n) is 18.8. The summed E-state index contributed by atoms with van der Waals surface area (Å²) < 4.78 is 23.0. The number of amides is 3. The fraction of sp³-hybridized carbons (Fsp3) is 0.372. The van der Waals surface area contributed by atoms with Crippen molar-refractivity contribution in [1.29, 1.82) is 0 Å². The fourth-order valence-corrected chi connectivity index (χ4v) is 6.15. The van der Waals surface area contributed by atoms with E-state index in [-0.39, 0.29) is 47.2 Å². The van der Waals surface area contributed by atoms with Crippen LogP contribution in [0.3, 0.4) is 0 Å². The first-order valence-corrected chi connectivity index (χ1v) is 18.8. The molecule has 57 heavy (non-hydrogen) atoms. The molecule has 2 heterocycles. The van der Waals surface area contributed by atoms with Crippen LogP contribution in [0.1, 0.15) is 75.1 Å². The number of benzene rings is 3. The Balaban J connectivity index is 1.26. The lowest BCUT2D eigenvalue weighted by Crippen LogP contribution is -2.47. The number of pyridine rings is 1. The van der Waals surface area contributed by atoms with Gasteiger partial charge in [-0.2, -0.15) is 0 Å². The molecule has 14 nitrogen and oxygen atoms in total. The van der Waals surface area contributed by atoms with Gasteiger partial charge in [-0.05, 0) is 95.3 Å². The number of aromatic nitrogens is 1. The van der Waals surface area contributed by atoms with Gasteiger partial charge in [0, 0.05) is 46.0 Å². The number of para-hydroxylation sites is 1. The van der Waals surface area contributed by atoms with Crippen molar-refractivity contribution in [2.45, 2.75) is 46.3 Å². The molecule has 3 N–H and O–H groups in total. The van der Waals surface area contributed by atoms with Gasteiger partial charge >= 0.3 is 6.09 Å². The van der Waals surface area contributed by atoms with Crippen LogP contribution in [0.25, 0.3) is 0 Å². The lowest BCUT2D eigenvalue weighted by Gasteiger charge is -2.32. The summed E-state index contributed by atoms with van der Waals surface area (Å²) in [5.74, 6) is -0.0662. The number of ether oxygens (including phenoxy) is 4. The molecular weight excluding hydrogens is 729 g/mol. The maximum absolute atomic E-state index is 14.0. The second-order valence-corrected chi connectivity index (χ2v) is 14.8. The van der Waals surface area contributed by atoms with Gasteiger partial charge in [0.2, 0.25) is 5.78 Å². The zero-order valence-electron chi connectivity index (χ0n) is 33.7. The molecule has 1 aliphatic rings. The van der Waals surface area contributed by atoms with Crippen molar-refractivity contribution in [3.8, 4) is 17.2 Å². The van der Waals surface area contributed by atoms with Crippen LogP contribution >= 0.6 is 0 Å². The molecule has 1 aromatic heterocycles. The Morgan fingerprint density at radius 1 is 0.895 bits per heavy atom. The van der Waals surface area contributed by atoms with Crippen molar-refractivity contribution >= 4 is 35.1 Å².